The first kappa shape index (κ1) is 26.9. The van der Waals surface area contributed by atoms with Gasteiger partial charge in [-0.15, -0.1) is 11.3 Å². The Morgan fingerprint density at radius 1 is 1.10 bits per heavy atom. The highest BCUT2D eigenvalue weighted by molar-refractivity contribution is 7.09. The number of hydrogen-bond donors (Lipinski definition) is 2. The number of fused-ring (bicyclic) bond motifs is 1. The first-order valence-electron chi connectivity index (χ1n) is 12.7. The Morgan fingerprint density at radius 2 is 1.95 bits per heavy atom. The van der Waals surface area contributed by atoms with Gasteiger partial charge in [0.05, 0.1) is 18.4 Å². The van der Waals surface area contributed by atoms with Gasteiger partial charge in [0.1, 0.15) is 5.56 Å². The van der Waals surface area contributed by atoms with E-state index in [1.54, 1.807) is 17.5 Å². The Bertz CT molecular complexity index is 1690. The van der Waals surface area contributed by atoms with Crippen molar-refractivity contribution >= 4 is 45.9 Å². The first-order valence-corrected chi connectivity index (χ1v) is 13.6. The molecule has 0 bridgehead atoms. The van der Waals surface area contributed by atoms with Crippen molar-refractivity contribution in [2.75, 3.05) is 26.0 Å². The summed E-state index contributed by atoms with van der Waals surface area (Å²) in [6, 6.07) is 18.0. The Kier molecular flexibility index (Phi) is 8.38. The number of hydrogen-bond acceptors (Lipinski definition) is 8. The quantitative estimate of drug-likeness (QED) is 0.262. The maximum Gasteiger partial charge on any atom is 0.266 e. The van der Waals surface area contributed by atoms with Gasteiger partial charge in [0.2, 0.25) is 5.95 Å². The van der Waals surface area contributed by atoms with Crippen molar-refractivity contribution in [3.8, 4) is 0 Å². The van der Waals surface area contributed by atoms with Crippen LogP contribution in [0.25, 0.3) is 17.0 Å². The molecule has 3 heterocycles. The predicted octanol–water partition coefficient (Wildman–Crippen LogP) is 4.54. The molecule has 0 saturated carbocycles. The van der Waals surface area contributed by atoms with Crippen LogP contribution in [0.15, 0.2) is 89.6 Å². The third-order valence-electron chi connectivity index (χ3n) is 6.06. The molecule has 0 spiro atoms. The number of benzene rings is 2. The molecular formula is C30H29N7O2S. The molecule has 2 aromatic carbocycles. The average molecular weight is 552 g/mol. The fraction of sp³-hybridized carbons (Fsp3) is 0.167. The first-order chi connectivity index (χ1) is 19.4. The van der Waals surface area contributed by atoms with Crippen LogP contribution in [0.2, 0.25) is 0 Å². The highest BCUT2D eigenvalue weighted by Crippen LogP contribution is 2.19. The number of nitrogens with zero attached hydrogens (tertiary/aromatic N) is 5. The standard InChI is InChI=1S/C30H29N7O2S/c1-36(2)18-22-7-10-24(11-8-22)34-30-33-16-23-15-21(9-12-27(23)35-30)5-3-13-32-28(38)26-17-31-20-37(29(26)39)19-25-6-4-14-40-25/h3-12,14-17,20H,13,18-19H2,1-2H3,(H,32,38)(H,33,34,35)/b5-3+. The molecule has 0 unspecified atom stereocenters. The maximum absolute atomic E-state index is 12.7. The molecule has 0 aliphatic rings. The van der Waals surface area contributed by atoms with Gasteiger partial charge in [-0.05, 0) is 60.9 Å². The fourth-order valence-corrected chi connectivity index (χ4v) is 4.84. The molecule has 0 saturated heterocycles. The lowest BCUT2D eigenvalue weighted by atomic mass is 10.1. The summed E-state index contributed by atoms with van der Waals surface area (Å²) in [6.07, 6.45) is 8.27. The van der Waals surface area contributed by atoms with Crippen LogP contribution < -0.4 is 16.2 Å². The molecule has 5 rings (SSSR count). The number of nitrogens with one attached hydrogen (secondary N) is 2. The third-order valence-corrected chi connectivity index (χ3v) is 6.92. The topological polar surface area (TPSA) is 105 Å². The molecule has 0 aliphatic heterocycles. The van der Waals surface area contributed by atoms with Crippen molar-refractivity contribution in [1.29, 1.82) is 0 Å². The number of amides is 1. The lowest BCUT2D eigenvalue weighted by Gasteiger charge is -2.11. The maximum atomic E-state index is 12.7. The highest BCUT2D eigenvalue weighted by Gasteiger charge is 2.12. The average Bonchev–Trinajstić information content (AvgIpc) is 3.46. The molecule has 10 heteroatoms. The van der Waals surface area contributed by atoms with Gasteiger partial charge in [-0.1, -0.05) is 36.4 Å². The van der Waals surface area contributed by atoms with E-state index >= 15 is 0 Å². The largest absolute Gasteiger partial charge is 0.348 e. The summed E-state index contributed by atoms with van der Waals surface area (Å²) in [5.74, 6) is 0.0747. The van der Waals surface area contributed by atoms with Crippen LogP contribution in [0.1, 0.15) is 26.4 Å². The molecule has 0 atom stereocenters. The second-order valence-electron chi connectivity index (χ2n) is 9.50. The molecule has 0 aliphatic carbocycles. The molecular weight excluding hydrogens is 522 g/mol. The van der Waals surface area contributed by atoms with E-state index in [-0.39, 0.29) is 17.7 Å². The number of carbonyl (C=O) groups excluding carboxylic acids is 1. The van der Waals surface area contributed by atoms with Gasteiger partial charge in [0.25, 0.3) is 11.5 Å². The minimum Gasteiger partial charge on any atom is -0.348 e. The van der Waals surface area contributed by atoms with Gasteiger partial charge in [0.15, 0.2) is 0 Å². The molecule has 9 nitrogen and oxygen atoms in total. The smallest absolute Gasteiger partial charge is 0.266 e. The number of aromatic nitrogens is 4. The van der Waals surface area contributed by atoms with E-state index in [0.29, 0.717) is 12.5 Å². The highest BCUT2D eigenvalue weighted by atomic mass is 32.1. The Balaban J connectivity index is 1.18. The van der Waals surface area contributed by atoms with Gasteiger partial charge in [-0.25, -0.2) is 15.0 Å². The van der Waals surface area contributed by atoms with Crippen LogP contribution >= 0.6 is 11.3 Å². The van der Waals surface area contributed by atoms with E-state index < -0.39 is 5.91 Å². The minimum atomic E-state index is -0.457. The van der Waals surface area contributed by atoms with Crippen LogP contribution in [-0.2, 0) is 13.1 Å². The van der Waals surface area contributed by atoms with Crippen LogP contribution in [0.4, 0.5) is 11.6 Å². The zero-order valence-electron chi connectivity index (χ0n) is 22.2. The molecule has 202 valence electrons. The minimum absolute atomic E-state index is 0.0178. The van der Waals surface area contributed by atoms with Gasteiger partial charge in [-0.2, -0.15) is 0 Å². The van der Waals surface area contributed by atoms with Crippen molar-refractivity contribution < 1.29 is 4.79 Å². The van der Waals surface area contributed by atoms with Crippen LogP contribution in [0.3, 0.4) is 0 Å². The predicted molar refractivity (Wildman–Crippen MR) is 160 cm³/mol. The molecule has 0 fully saturated rings. The van der Waals surface area contributed by atoms with Crippen LogP contribution in [0.5, 0.6) is 0 Å². The van der Waals surface area contributed by atoms with E-state index in [1.807, 2.05) is 74.1 Å². The van der Waals surface area contributed by atoms with Crippen molar-refractivity contribution in [3.05, 3.63) is 117 Å². The third kappa shape index (κ3) is 6.85. The number of carbonyl (C=O) groups is 1. The second-order valence-corrected chi connectivity index (χ2v) is 10.5. The number of rotatable bonds is 10. The Hall–Kier alpha value is -4.67. The number of thiophene rings is 1. The summed E-state index contributed by atoms with van der Waals surface area (Å²) in [5.41, 5.74) is 3.58. The van der Waals surface area contributed by atoms with Crippen molar-refractivity contribution in [1.82, 2.24) is 29.7 Å². The summed E-state index contributed by atoms with van der Waals surface area (Å²) >= 11 is 1.55. The molecule has 40 heavy (non-hydrogen) atoms. The number of anilines is 2. The summed E-state index contributed by atoms with van der Waals surface area (Å²) in [4.78, 5) is 41.6. The monoisotopic (exact) mass is 551 g/mol. The normalized spacial score (nSPS) is 11.4. The lowest BCUT2D eigenvalue weighted by Crippen LogP contribution is -2.33. The Labute approximate surface area is 235 Å². The van der Waals surface area contributed by atoms with E-state index in [0.717, 1.165) is 33.6 Å². The van der Waals surface area contributed by atoms with Crippen LogP contribution in [-0.4, -0.2) is 51.0 Å². The molecule has 2 N–H and O–H groups in total. The molecule has 3 aromatic heterocycles. The van der Waals surface area contributed by atoms with Gasteiger partial charge >= 0.3 is 0 Å². The summed E-state index contributed by atoms with van der Waals surface area (Å²) in [6.45, 7) is 1.54. The SMILES string of the molecule is CN(C)Cc1ccc(Nc2ncc3cc(/C=C/CNC(=O)c4cncn(Cc5cccs5)c4=O)ccc3n2)cc1. The summed E-state index contributed by atoms with van der Waals surface area (Å²) in [7, 11) is 4.09. The molecule has 1 amide bonds. The van der Waals surface area contributed by atoms with Crippen molar-refractivity contribution in [2.45, 2.75) is 13.1 Å². The van der Waals surface area contributed by atoms with Gasteiger partial charge in [0, 0.05) is 41.4 Å². The van der Waals surface area contributed by atoms with E-state index in [1.165, 1.54) is 22.7 Å². The van der Waals surface area contributed by atoms with Crippen molar-refractivity contribution in [3.63, 3.8) is 0 Å². The fourth-order valence-electron chi connectivity index (χ4n) is 4.13. The molecule has 5 aromatic rings. The van der Waals surface area contributed by atoms with Gasteiger partial charge < -0.3 is 15.5 Å². The van der Waals surface area contributed by atoms with Crippen LogP contribution in [0, 0.1) is 0 Å². The van der Waals surface area contributed by atoms with E-state index in [4.69, 9.17) is 0 Å². The zero-order valence-corrected chi connectivity index (χ0v) is 23.1. The summed E-state index contributed by atoms with van der Waals surface area (Å²) < 4.78 is 1.44. The Morgan fingerprint density at radius 3 is 2.73 bits per heavy atom. The van der Waals surface area contributed by atoms with E-state index in [2.05, 4.69) is 42.6 Å². The second kappa shape index (κ2) is 12.5. The van der Waals surface area contributed by atoms with Gasteiger partial charge in [-0.3, -0.25) is 14.2 Å². The van der Waals surface area contributed by atoms with E-state index in [9.17, 15) is 9.59 Å². The molecule has 0 radical (unpaired) electrons. The lowest BCUT2D eigenvalue weighted by molar-refractivity contribution is 0.0955. The van der Waals surface area contributed by atoms with Crippen molar-refractivity contribution in [2.24, 2.45) is 0 Å². The zero-order chi connectivity index (χ0) is 27.9. The summed E-state index contributed by atoms with van der Waals surface area (Å²) in [5, 5.41) is 8.87.